The van der Waals surface area contributed by atoms with E-state index in [1.54, 1.807) is 6.07 Å². The molecule has 0 radical (unpaired) electrons. The van der Waals surface area contributed by atoms with Crippen LogP contribution in [0.1, 0.15) is 10.4 Å². The number of benzene rings is 1. The molecular formula is C13H10BrN3O4. The Bertz CT molecular complexity index is 706. The van der Waals surface area contributed by atoms with E-state index in [4.69, 9.17) is 4.74 Å². The molecule has 0 unspecified atom stereocenters. The molecule has 1 aromatic heterocycles. The van der Waals surface area contributed by atoms with Crippen LogP contribution in [-0.4, -0.2) is 22.9 Å². The van der Waals surface area contributed by atoms with Gasteiger partial charge in [-0.15, -0.1) is 0 Å². The Morgan fingerprint density at radius 3 is 2.81 bits per heavy atom. The molecule has 21 heavy (non-hydrogen) atoms. The van der Waals surface area contributed by atoms with Gasteiger partial charge in [0.15, 0.2) is 0 Å². The topological polar surface area (TPSA) is 94.4 Å². The number of rotatable bonds is 4. The second kappa shape index (κ2) is 6.31. The Morgan fingerprint density at radius 2 is 2.19 bits per heavy atom. The molecule has 0 fully saturated rings. The predicted molar refractivity (Wildman–Crippen MR) is 78.5 cm³/mol. The number of nitro groups is 1. The highest BCUT2D eigenvalue weighted by atomic mass is 79.9. The molecule has 0 aliphatic heterocycles. The van der Waals surface area contributed by atoms with Crippen molar-refractivity contribution >= 4 is 27.5 Å². The smallest absolute Gasteiger partial charge is 0.283 e. The number of ether oxygens (including phenoxy) is 1. The molecule has 108 valence electrons. The largest absolute Gasteiger partial charge is 0.456 e. The zero-order valence-electron chi connectivity index (χ0n) is 10.9. The van der Waals surface area contributed by atoms with Crippen LogP contribution >= 0.6 is 15.9 Å². The van der Waals surface area contributed by atoms with Gasteiger partial charge in [-0.3, -0.25) is 19.9 Å². The van der Waals surface area contributed by atoms with Gasteiger partial charge in [0.2, 0.25) is 0 Å². The lowest BCUT2D eigenvalue weighted by Crippen LogP contribution is -2.18. The Morgan fingerprint density at radius 1 is 1.43 bits per heavy atom. The number of aromatic nitrogens is 1. The van der Waals surface area contributed by atoms with Crippen molar-refractivity contribution in [1.82, 2.24) is 10.3 Å². The molecule has 0 bridgehead atoms. The average Bonchev–Trinajstić information content (AvgIpc) is 2.46. The molecule has 0 aliphatic carbocycles. The normalized spacial score (nSPS) is 10.0. The maximum Gasteiger partial charge on any atom is 0.283 e. The number of amides is 1. The van der Waals surface area contributed by atoms with Gasteiger partial charge in [-0.2, -0.15) is 0 Å². The second-order valence-electron chi connectivity index (χ2n) is 3.92. The van der Waals surface area contributed by atoms with E-state index in [-0.39, 0.29) is 17.2 Å². The summed E-state index contributed by atoms with van der Waals surface area (Å²) in [7, 11) is 1.50. The van der Waals surface area contributed by atoms with E-state index in [0.717, 1.165) is 0 Å². The van der Waals surface area contributed by atoms with Crippen LogP contribution in [0.3, 0.4) is 0 Å². The van der Waals surface area contributed by atoms with Gasteiger partial charge in [0.05, 0.1) is 9.40 Å². The first-order valence-electron chi connectivity index (χ1n) is 5.81. The Balaban J connectivity index is 2.33. The molecule has 8 heteroatoms. The van der Waals surface area contributed by atoms with Crippen LogP contribution in [0.5, 0.6) is 11.5 Å². The molecule has 0 saturated carbocycles. The summed E-state index contributed by atoms with van der Waals surface area (Å²) in [4.78, 5) is 25.8. The minimum Gasteiger partial charge on any atom is -0.456 e. The maximum atomic E-state index is 11.7. The summed E-state index contributed by atoms with van der Waals surface area (Å²) < 4.78 is 5.89. The van der Waals surface area contributed by atoms with E-state index in [2.05, 4.69) is 26.2 Å². The Labute approximate surface area is 128 Å². The molecule has 1 N–H and O–H groups in total. The highest BCUT2D eigenvalue weighted by Gasteiger charge is 2.15. The number of nitrogens with zero attached hydrogens (tertiary/aromatic N) is 2. The first kappa shape index (κ1) is 14.9. The van der Waals surface area contributed by atoms with Gasteiger partial charge in [0.25, 0.3) is 11.6 Å². The summed E-state index contributed by atoms with van der Waals surface area (Å²) in [6.07, 6.45) is 2.87. The number of nitrogens with one attached hydrogen (secondary N) is 1. The zero-order chi connectivity index (χ0) is 15.4. The van der Waals surface area contributed by atoms with Crippen molar-refractivity contribution in [3.63, 3.8) is 0 Å². The molecule has 2 aromatic rings. The van der Waals surface area contributed by atoms with E-state index >= 15 is 0 Å². The quantitative estimate of drug-likeness (QED) is 0.674. The van der Waals surface area contributed by atoms with Crippen LogP contribution in [0.4, 0.5) is 5.69 Å². The average molecular weight is 352 g/mol. The maximum absolute atomic E-state index is 11.7. The summed E-state index contributed by atoms with van der Waals surface area (Å²) in [5, 5.41) is 13.2. The molecule has 2 rings (SSSR count). The summed E-state index contributed by atoms with van der Waals surface area (Å²) >= 11 is 3.11. The van der Waals surface area contributed by atoms with Crippen molar-refractivity contribution in [3.8, 4) is 11.5 Å². The van der Waals surface area contributed by atoms with Crippen molar-refractivity contribution in [2.24, 2.45) is 0 Å². The van der Waals surface area contributed by atoms with Crippen molar-refractivity contribution in [1.29, 1.82) is 0 Å². The molecule has 1 aromatic carbocycles. The molecule has 0 saturated heterocycles. The van der Waals surface area contributed by atoms with E-state index in [1.165, 1.54) is 37.6 Å². The second-order valence-corrected chi connectivity index (χ2v) is 4.78. The molecule has 1 amide bonds. The predicted octanol–water partition coefficient (Wildman–Crippen LogP) is 2.90. The third kappa shape index (κ3) is 3.34. The van der Waals surface area contributed by atoms with E-state index < -0.39 is 4.92 Å². The van der Waals surface area contributed by atoms with Crippen LogP contribution in [-0.2, 0) is 0 Å². The number of hydrogen-bond donors (Lipinski definition) is 1. The molecule has 0 aliphatic rings. The Kier molecular flexibility index (Phi) is 4.49. The van der Waals surface area contributed by atoms with Crippen molar-refractivity contribution in [2.75, 3.05) is 7.05 Å². The Hall–Kier alpha value is -2.48. The van der Waals surface area contributed by atoms with Gasteiger partial charge in [0.1, 0.15) is 17.1 Å². The van der Waals surface area contributed by atoms with Crippen LogP contribution in [0.25, 0.3) is 0 Å². The SMILES string of the molecule is CNC(=O)c1cnccc1Oc1ccc([N+](=O)[O-])c(Br)c1. The molecule has 1 heterocycles. The van der Waals surface area contributed by atoms with Gasteiger partial charge in [0, 0.05) is 31.6 Å². The fraction of sp³-hybridized carbons (Fsp3) is 0.0769. The lowest BCUT2D eigenvalue weighted by atomic mass is 10.2. The van der Waals surface area contributed by atoms with Crippen LogP contribution in [0.2, 0.25) is 0 Å². The van der Waals surface area contributed by atoms with E-state index in [9.17, 15) is 14.9 Å². The van der Waals surface area contributed by atoms with Gasteiger partial charge < -0.3 is 10.1 Å². The van der Waals surface area contributed by atoms with Gasteiger partial charge >= 0.3 is 0 Å². The fourth-order valence-corrected chi connectivity index (χ4v) is 2.10. The number of carbonyl (C=O) groups is 1. The van der Waals surface area contributed by atoms with Gasteiger partial charge in [-0.25, -0.2) is 0 Å². The van der Waals surface area contributed by atoms with Crippen LogP contribution in [0.15, 0.2) is 41.1 Å². The molecule has 7 nitrogen and oxygen atoms in total. The van der Waals surface area contributed by atoms with E-state index in [0.29, 0.717) is 16.0 Å². The number of hydrogen-bond acceptors (Lipinski definition) is 5. The minimum atomic E-state index is -0.504. The van der Waals surface area contributed by atoms with Crippen molar-refractivity contribution < 1.29 is 14.5 Å². The highest BCUT2D eigenvalue weighted by Crippen LogP contribution is 2.32. The third-order valence-electron chi connectivity index (χ3n) is 2.60. The molecule has 0 spiro atoms. The van der Waals surface area contributed by atoms with E-state index in [1.807, 2.05) is 0 Å². The number of pyridine rings is 1. The monoisotopic (exact) mass is 351 g/mol. The van der Waals surface area contributed by atoms with Crippen molar-refractivity contribution in [3.05, 3.63) is 56.8 Å². The highest BCUT2D eigenvalue weighted by molar-refractivity contribution is 9.10. The summed E-state index contributed by atoms with van der Waals surface area (Å²) in [6, 6.07) is 5.78. The van der Waals surface area contributed by atoms with Gasteiger partial charge in [-0.1, -0.05) is 0 Å². The minimum absolute atomic E-state index is 0.0661. The first-order valence-corrected chi connectivity index (χ1v) is 6.60. The van der Waals surface area contributed by atoms with Crippen LogP contribution < -0.4 is 10.1 Å². The summed E-state index contributed by atoms with van der Waals surface area (Å²) in [5.74, 6) is 0.341. The summed E-state index contributed by atoms with van der Waals surface area (Å²) in [6.45, 7) is 0. The number of halogens is 1. The number of carbonyl (C=O) groups excluding carboxylic acids is 1. The van der Waals surface area contributed by atoms with Crippen LogP contribution in [0, 0.1) is 10.1 Å². The first-order chi connectivity index (χ1) is 10.0. The third-order valence-corrected chi connectivity index (χ3v) is 3.23. The summed E-state index contributed by atoms with van der Waals surface area (Å²) in [5.41, 5.74) is 0.207. The standard InChI is InChI=1S/C13H10BrN3O4/c1-15-13(18)9-7-16-5-4-12(9)21-8-2-3-11(17(19)20)10(14)6-8/h2-7H,1H3,(H,15,18). The molecular weight excluding hydrogens is 342 g/mol. The fourth-order valence-electron chi connectivity index (χ4n) is 1.60. The lowest BCUT2D eigenvalue weighted by molar-refractivity contribution is -0.385. The lowest BCUT2D eigenvalue weighted by Gasteiger charge is -2.10. The van der Waals surface area contributed by atoms with Crippen molar-refractivity contribution in [2.45, 2.75) is 0 Å². The molecule has 0 atom stereocenters. The zero-order valence-corrected chi connectivity index (χ0v) is 12.5. The number of nitro benzene ring substituents is 1. The van der Waals surface area contributed by atoms with Gasteiger partial charge in [-0.05, 0) is 28.1 Å².